The molecule has 0 atom stereocenters. The van der Waals surface area contributed by atoms with Crippen LogP contribution in [0.3, 0.4) is 0 Å². The molecule has 29 heavy (non-hydrogen) atoms. The van der Waals surface area contributed by atoms with Gasteiger partial charge in [-0.2, -0.15) is 0 Å². The van der Waals surface area contributed by atoms with Gasteiger partial charge in [-0.3, -0.25) is 9.80 Å². The summed E-state index contributed by atoms with van der Waals surface area (Å²) in [4.78, 5) is 20.5. The molecule has 1 saturated carbocycles. The lowest BCUT2D eigenvalue weighted by Crippen LogP contribution is -2.63. The third kappa shape index (κ3) is 4.59. The molecule has 160 valence electrons. The summed E-state index contributed by atoms with van der Waals surface area (Å²) in [6, 6.07) is 9.00. The topological polar surface area (TPSA) is 26.8 Å². The number of carbonyl (C=O) groups is 1. The Morgan fingerprint density at radius 3 is 2.17 bits per heavy atom. The second-order valence-electron chi connectivity index (χ2n) is 9.76. The van der Waals surface area contributed by atoms with Gasteiger partial charge in [-0.05, 0) is 69.2 Å². The number of rotatable bonds is 3. The Kier molecular flexibility index (Phi) is 6.41. The predicted octanol–water partition coefficient (Wildman–Crippen LogP) is 5.80. The lowest BCUT2D eigenvalue weighted by molar-refractivity contribution is -0.0558. The molecule has 2 amide bonds. The number of benzene rings is 1. The lowest BCUT2D eigenvalue weighted by Gasteiger charge is -2.56. The lowest BCUT2D eigenvalue weighted by atomic mass is 9.71. The van der Waals surface area contributed by atoms with E-state index in [1.165, 1.54) is 38.8 Å². The van der Waals surface area contributed by atoms with E-state index in [1.807, 2.05) is 24.3 Å². The van der Waals surface area contributed by atoms with Gasteiger partial charge in [0.15, 0.2) is 0 Å². The zero-order chi connectivity index (χ0) is 20.4. The number of hydrogen-bond acceptors (Lipinski definition) is 2. The van der Waals surface area contributed by atoms with Gasteiger partial charge in [0.05, 0.1) is 0 Å². The molecule has 0 aromatic heterocycles. The maximum atomic E-state index is 13.7. The van der Waals surface area contributed by atoms with Crippen molar-refractivity contribution in [2.24, 2.45) is 5.41 Å². The van der Waals surface area contributed by atoms with E-state index in [0.29, 0.717) is 17.5 Å². The minimum Gasteiger partial charge on any atom is -0.324 e. The first-order valence-electron chi connectivity index (χ1n) is 11.6. The molecule has 1 spiro atoms. The third-order valence-corrected chi connectivity index (χ3v) is 7.65. The summed E-state index contributed by atoms with van der Waals surface area (Å²) in [5.41, 5.74) is 1.45. The molecular weight excluding hydrogens is 382 g/mol. The van der Waals surface area contributed by atoms with Gasteiger partial charge in [0.25, 0.3) is 0 Å². The van der Waals surface area contributed by atoms with Crippen LogP contribution in [-0.4, -0.2) is 54.1 Å². The average Bonchev–Trinajstić information content (AvgIpc) is 2.97. The van der Waals surface area contributed by atoms with E-state index in [9.17, 15) is 4.79 Å². The van der Waals surface area contributed by atoms with Crippen LogP contribution in [0.15, 0.2) is 24.3 Å². The van der Waals surface area contributed by atoms with Gasteiger partial charge in [-0.15, -0.1) is 0 Å². The standard InChI is InChI=1S/C24H36ClN3O/c1-19(2)27-17-24(18-27)13-15-26(16-14-24)23(29)28(21-7-5-3-4-6-8-21)22-11-9-20(25)10-12-22/h9-12,19,21H,3-8,13-18H2,1-2H3. The van der Waals surface area contributed by atoms with Gasteiger partial charge in [-0.25, -0.2) is 4.79 Å². The summed E-state index contributed by atoms with van der Waals surface area (Å²) < 4.78 is 0. The highest BCUT2D eigenvalue weighted by atomic mass is 35.5. The number of urea groups is 1. The number of nitrogens with zero attached hydrogens (tertiary/aromatic N) is 3. The van der Waals surface area contributed by atoms with Gasteiger partial charge >= 0.3 is 6.03 Å². The first-order chi connectivity index (χ1) is 14.0. The highest BCUT2D eigenvalue weighted by Gasteiger charge is 2.46. The monoisotopic (exact) mass is 417 g/mol. The van der Waals surface area contributed by atoms with Crippen molar-refractivity contribution < 1.29 is 4.79 Å². The molecule has 2 aliphatic heterocycles. The molecule has 3 fully saturated rings. The fourth-order valence-electron chi connectivity index (χ4n) is 5.42. The molecule has 4 rings (SSSR count). The van der Waals surface area contributed by atoms with E-state index in [2.05, 4.69) is 28.5 Å². The van der Waals surface area contributed by atoms with Crippen LogP contribution < -0.4 is 4.90 Å². The van der Waals surface area contributed by atoms with E-state index in [-0.39, 0.29) is 6.03 Å². The van der Waals surface area contributed by atoms with Crippen molar-refractivity contribution in [2.45, 2.75) is 77.3 Å². The van der Waals surface area contributed by atoms with Crippen LogP contribution in [0.25, 0.3) is 0 Å². The molecule has 0 unspecified atom stereocenters. The number of anilines is 1. The van der Waals surface area contributed by atoms with Crippen molar-refractivity contribution in [3.63, 3.8) is 0 Å². The fourth-order valence-corrected chi connectivity index (χ4v) is 5.54. The third-order valence-electron chi connectivity index (χ3n) is 7.40. The van der Waals surface area contributed by atoms with Crippen LogP contribution >= 0.6 is 11.6 Å². The van der Waals surface area contributed by atoms with Crippen molar-refractivity contribution in [1.82, 2.24) is 9.80 Å². The summed E-state index contributed by atoms with van der Waals surface area (Å²) in [6.07, 6.45) is 9.51. The van der Waals surface area contributed by atoms with Crippen molar-refractivity contribution in [1.29, 1.82) is 0 Å². The van der Waals surface area contributed by atoms with Gasteiger partial charge in [-0.1, -0.05) is 37.3 Å². The molecule has 5 heteroatoms. The first-order valence-corrected chi connectivity index (χ1v) is 11.9. The van der Waals surface area contributed by atoms with E-state index < -0.39 is 0 Å². The first kappa shape index (κ1) is 21.0. The van der Waals surface area contributed by atoms with E-state index in [0.717, 1.165) is 49.5 Å². The van der Waals surface area contributed by atoms with Crippen LogP contribution in [0.1, 0.15) is 65.2 Å². The molecule has 3 aliphatic rings. The Labute approximate surface area is 181 Å². The van der Waals surface area contributed by atoms with Gasteiger partial charge < -0.3 is 4.90 Å². The zero-order valence-corrected chi connectivity index (χ0v) is 18.8. The number of piperidine rings is 1. The Morgan fingerprint density at radius 1 is 1.03 bits per heavy atom. The fraction of sp³-hybridized carbons (Fsp3) is 0.708. The van der Waals surface area contributed by atoms with Crippen LogP contribution in [0, 0.1) is 5.41 Å². The van der Waals surface area contributed by atoms with Crippen molar-refractivity contribution in [3.05, 3.63) is 29.3 Å². The SMILES string of the molecule is CC(C)N1CC2(CCN(C(=O)N(c3ccc(Cl)cc3)C3CCCCCC3)CC2)C1. The number of hydrogen-bond donors (Lipinski definition) is 0. The Morgan fingerprint density at radius 2 is 1.62 bits per heavy atom. The van der Waals surface area contributed by atoms with Gasteiger partial charge in [0.1, 0.15) is 0 Å². The quantitative estimate of drug-likeness (QED) is 0.581. The molecule has 1 aromatic carbocycles. The summed E-state index contributed by atoms with van der Waals surface area (Å²) in [7, 11) is 0. The average molecular weight is 418 g/mol. The number of likely N-dealkylation sites (tertiary alicyclic amines) is 2. The van der Waals surface area contributed by atoms with Gasteiger partial charge in [0.2, 0.25) is 0 Å². The molecule has 4 nitrogen and oxygen atoms in total. The van der Waals surface area contributed by atoms with E-state index in [4.69, 9.17) is 11.6 Å². The molecule has 2 saturated heterocycles. The van der Waals surface area contributed by atoms with Crippen LogP contribution in [-0.2, 0) is 0 Å². The van der Waals surface area contributed by atoms with Crippen molar-refractivity contribution >= 4 is 23.3 Å². The highest BCUT2D eigenvalue weighted by molar-refractivity contribution is 6.30. The summed E-state index contributed by atoms with van der Waals surface area (Å²) in [6.45, 7) is 8.75. The maximum Gasteiger partial charge on any atom is 0.324 e. The molecule has 1 aromatic rings. The largest absolute Gasteiger partial charge is 0.324 e. The smallest absolute Gasteiger partial charge is 0.324 e. The summed E-state index contributed by atoms with van der Waals surface area (Å²) in [5.74, 6) is 0. The molecule has 0 radical (unpaired) electrons. The maximum absolute atomic E-state index is 13.7. The van der Waals surface area contributed by atoms with E-state index in [1.54, 1.807) is 0 Å². The predicted molar refractivity (Wildman–Crippen MR) is 121 cm³/mol. The van der Waals surface area contributed by atoms with Crippen LogP contribution in [0.4, 0.5) is 10.5 Å². The van der Waals surface area contributed by atoms with Crippen LogP contribution in [0.5, 0.6) is 0 Å². The number of amides is 2. The normalized spacial score (nSPS) is 23.1. The summed E-state index contributed by atoms with van der Waals surface area (Å²) in [5, 5.41) is 0.724. The number of carbonyl (C=O) groups excluding carboxylic acids is 1. The second kappa shape index (κ2) is 8.85. The van der Waals surface area contributed by atoms with Gasteiger partial charge in [0, 0.05) is 49.0 Å². The van der Waals surface area contributed by atoms with E-state index >= 15 is 0 Å². The number of halogens is 1. The molecule has 0 bridgehead atoms. The minimum atomic E-state index is 0.203. The second-order valence-corrected chi connectivity index (χ2v) is 10.2. The molecule has 2 heterocycles. The highest BCUT2D eigenvalue weighted by Crippen LogP contribution is 2.42. The van der Waals surface area contributed by atoms with Crippen molar-refractivity contribution in [3.8, 4) is 0 Å². The van der Waals surface area contributed by atoms with Crippen molar-refractivity contribution in [2.75, 3.05) is 31.1 Å². The Hall–Kier alpha value is -1.26. The zero-order valence-electron chi connectivity index (χ0n) is 18.1. The Balaban J connectivity index is 1.46. The Bertz CT molecular complexity index is 681. The molecule has 0 N–H and O–H groups in total. The molecule has 1 aliphatic carbocycles. The van der Waals surface area contributed by atoms with Crippen LogP contribution in [0.2, 0.25) is 5.02 Å². The summed E-state index contributed by atoms with van der Waals surface area (Å²) >= 11 is 6.13. The minimum absolute atomic E-state index is 0.203. The molecular formula is C24H36ClN3O.